The second-order valence-corrected chi connectivity index (χ2v) is 5.01. The Kier molecular flexibility index (Phi) is 6.21. The van der Waals surface area contributed by atoms with Gasteiger partial charge in [0.2, 0.25) is 0 Å². The number of aliphatic carboxylic acids is 1. The summed E-state index contributed by atoms with van der Waals surface area (Å²) >= 11 is 0. The van der Waals surface area contributed by atoms with Crippen molar-refractivity contribution in [2.45, 2.75) is 26.7 Å². The number of carbonyl (C=O) groups excluding carboxylic acids is 1. The molecule has 1 unspecified atom stereocenters. The molecule has 21 heavy (non-hydrogen) atoms. The number of nitrogens with zero attached hydrogens (tertiary/aromatic N) is 1. The van der Waals surface area contributed by atoms with Crippen LogP contribution in [0.3, 0.4) is 0 Å². The summed E-state index contributed by atoms with van der Waals surface area (Å²) in [6, 6.07) is 6.72. The van der Waals surface area contributed by atoms with Crippen molar-refractivity contribution < 1.29 is 14.7 Å². The Hall–Kier alpha value is -2.55. The zero-order valence-corrected chi connectivity index (χ0v) is 12.1. The lowest BCUT2D eigenvalue weighted by molar-refractivity contribution is -0.137. The van der Waals surface area contributed by atoms with Crippen LogP contribution in [0.1, 0.15) is 30.9 Å². The zero-order valence-electron chi connectivity index (χ0n) is 12.1. The van der Waals surface area contributed by atoms with Crippen molar-refractivity contribution in [2.24, 2.45) is 5.92 Å². The molecular formula is C15H19N3O3. The smallest absolute Gasteiger partial charge is 0.319 e. The number of rotatable bonds is 6. The molecule has 6 nitrogen and oxygen atoms in total. The number of anilines is 1. The average Bonchev–Trinajstić information content (AvgIpc) is 2.45. The van der Waals surface area contributed by atoms with Gasteiger partial charge in [-0.1, -0.05) is 13.0 Å². The molecule has 1 atom stereocenters. The van der Waals surface area contributed by atoms with Crippen molar-refractivity contribution in [1.82, 2.24) is 5.32 Å². The summed E-state index contributed by atoms with van der Waals surface area (Å²) in [5.41, 5.74) is 1.93. The van der Waals surface area contributed by atoms with E-state index in [4.69, 9.17) is 10.4 Å². The molecular weight excluding hydrogens is 270 g/mol. The van der Waals surface area contributed by atoms with Crippen LogP contribution in [0, 0.1) is 24.2 Å². The van der Waals surface area contributed by atoms with E-state index in [0.717, 1.165) is 5.56 Å². The second kappa shape index (κ2) is 7.90. The average molecular weight is 289 g/mol. The highest BCUT2D eigenvalue weighted by Crippen LogP contribution is 2.16. The maximum atomic E-state index is 11.8. The van der Waals surface area contributed by atoms with Gasteiger partial charge in [0.25, 0.3) is 0 Å². The maximum absolute atomic E-state index is 11.8. The van der Waals surface area contributed by atoms with Crippen LogP contribution in [0.25, 0.3) is 0 Å². The van der Waals surface area contributed by atoms with Crippen molar-refractivity contribution in [1.29, 1.82) is 5.26 Å². The number of benzene rings is 1. The quantitative estimate of drug-likeness (QED) is 0.748. The minimum Gasteiger partial charge on any atom is -0.481 e. The molecule has 3 N–H and O–H groups in total. The fourth-order valence-corrected chi connectivity index (χ4v) is 1.73. The van der Waals surface area contributed by atoms with E-state index in [1.165, 1.54) is 0 Å². The monoisotopic (exact) mass is 289 g/mol. The van der Waals surface area contributed by atoms with E-state index >= 15 is 0 Å². The highest BCUT2D eigenvalue weighted by Gasteiger charge is 2.09. The first-order chi connectivity index (χ1) is 9.92. The van der Waals surface area contributed by atoms with Gasteiger partial charge in [-0.2, -0.15) is 5.26 Å². The molecule has 0 aromatic heterocycles. The fraction of sp³-hybridized carbons (Fsp3) is 0.400. The third-order valence-corrected chi connectivity index (χ3v) is 3.08. The van der Waals surface area contributed by atoms with Crippen molar-refractivity contribution in [3.05, 3.63) is 29.3 Å². The van der Waals surface area contributed by atoms with Crippen LogP contribution in [0.5, 0.6) is 0 Å². The SMILES string of the molecule is Cc1ccc(C#N)cc1NC(=O)NCC(C)CCC(=O)O. The Morgan fingerprint density at radius 3 is 2.76 bits per heavy atom. The predicted octanol–water partition coefficient (Wildman–Crippen LogP) is 2.49. The van der Waals surface area contributed by atoms with E-state index in [1.807, 2.05) is 19.9 Å². The van der Waals surface area contributed by atoms with Crippen LogP contribution in [0.15, 0.2) is 18.2 Å². The predicted molar refractivity (Wildman–Crippen MR) is 78.9 cm³/mol. The van der Waals surface area contributed by atoms with Gasteiger partial charge in [-0.15, -0.1) is 0 Å². The van der Waals surface area contributed by atoms with E-state index in [9.17, 15) is 9.59 Å². The summed E-state index contributed by atoms with van der Waals surface area (Å²) in [7, 11) is 0. The molecule has 112 valence electrons. The number of nitrogens with one attached hydrogen (secondary N) is 2. The summed E-state index contributed by atoms with van der Waals surface area (Å²) in [6.45, 7) is 4.12. The summed E-state index contributed by atoms with van der Waals surface area (Å²) in [5.74, 6) is -0.756. The van der Waals surface area contributed by atoms with Crippen LogP contribution in [-0.2, 0) is 4.79 Å². The molecule has 0 bridgehead atoms. The Bertz CT molecular complexity index is 564. The molecule has 1 aromatic rings. The Morgan fingerprint density at radius 2 is 2.14 bits per heavy atom. The molecule has 0 fully saturated rings. The molecule has 0 saturated heterocycles. The minimum absolute atomic E-state index is 0.0818. The van der Waals surface area contributed by atoms with E-state index in [2.05, 4.69) is 10.6 Å². The normalized spacial score (nSPS) is 11.3. The number of carboxylic acids is 1. The number of carbonyl (C=O) groups is 2. The molecule has 0 aliphatic carbocycles. The van der Waals surface area contributed by atoms with E-state index < -0.39 is 5.97 Å². The van der Waals surface area contributed by atoms with Crippen molar-refractivity contribution in [3.8, 4) is 6.07 Å². The molecule has 0 aliphatic heterocycles. The van der Waals surface area contributed by atoms with Gasteiger partial charge >= 0.3 is 12.0 Å². The lowest BCUT2D eigenvalue weighted by atomic mass is 10.1. The Balaban J connectivity index is 2.47. The summed E-state index contributed by atoms with van der Waals surface area (Å²) in [6.07, 6.45) is 0.604. The lowest BCUT2D eigenvalue weighted by Crippen LogP contribution is -2.32. The molecule has 0 saturated carbocycles. The topological polar surface area (TPSA) is 102 Å². The first-order valence-corrected chi connectivity index (χ1v) is 6.69. The van der Waals surface area contributed by atoms with Crippen LogP contribution < -0.4 is 10.6 Å². The van der Waals surface area contributed by atoms with E-state index in [0.29, 0.717) is 24.2 Å². The van der Waals surface area contributed by atoms with E-state index in [-0.39, 0.29) is 18.4 Å². The minimum atomic E-state index is -0.838. The van der Waals surface area contributed by atoms with Crippen LogP contribution in [0.2, 0.25) is 0 Å². The van der Waals surface area contributed by atoms with Gasteiger partial charge in [-0.3, -0.25) is 4.79 Å². The molecule has 0 radical (unpaired) electrons. The van der Waals surface area contributed by atoms with Gasteiger partial charge in [-0.05, 0) is 37.0 Å². The molecule has 1 aromatic carbocycles. The van der Waals surface area contributed by atoms with Gasteiger partial charge in [0.15, 0.2) is 0 Å². The third-order valence-electron chi connectivity index (χ3n) is 3.08. The number of aryl methyl sites for hydroxylation is 1. The van der Waals surface area contributed by atoms with Crippen LogP contribution in [-0.4, -0.2) is 23.7 Å². The van der Waals surface area contributed by atoms with Gasteiger partial charge in [0, 0.05) is 18.7 Å². The van der Waals surface area contributed by atoms with Crippen molar-refractivity contribution in [3.63, 3.8) is 0 Å². The molecule has 2 amide bonds. The number of hydrogen-bond acceptors (Lipinski definition) is 3. The van der Waals surface area contributed by atoms with Gasteiger partial charge in [0.1, 0.15) is 0 Å². The molecule has 0 aliphatic rings. The molecule has 0 heterocycles. The molecule has 0 spiro atoms. The largest absolute Gasteiger partial charge is 0.481 e. The first-order valence-electron chi connectivity index (χ1n) is 6.69. The van der Waals surface area contributed by atoms with Gasteiger partial charge in [-0.25, -0.2) is 4.79 Å². The summed E-state index contributed by atoms with van der Waals surface area (Å²) in [5, 5.41) is 22.8. The van der Waals surface area contributed by atoms with Gasteiger partial charge in [0.05, 0.1) is 11.6 Å². The lowest BCUT2D eigenvalue weighted by Gasteiger charge is -2.13. The van der Waals surface area contributed by atoms with E-state index in [1.54, 1.807) is 18.2 Å². The fourth-order valence-electron chi connectivity index (χ4n) is 1.73. The van der Waals surface area contributed by atoms with Crippen molar-refractivity contribution in [2.75, 3.05) is 11.9 Å². The highest BCUT2D eigenvalue weighted by atomic mass is 16.4. The van der Waals surface area contributed by atoms with Gasteiger partial charge < -0.3 is 15.7 Å². The number of nitriles is 1. The first kappa shape index (κ1) is 16.5. The van der Waals surface area contributed by atoms with Crippen LogP contribution in [0.4, 0.5) is 10.5 Å². The maximum Gasteiger partial charge on any atom is 0.319 e. The zero-order chi connectivity index (χ0) is 15.8. The third kappa shape index (κ3) is 5.95. The number of hydrogen-bond donors (Lipinski definition) is 3. The standard InChI is InChI=1S/C15H19N3O3/c1-10(3-6-14(19)20)9-17-15(21)18-13-7-12(8-16)5-4-11(13)2/h4-5,7,10H,3,6,9H2,1-2H3,(H,19,20)(H2,17,18,21). The Labute approximate surface area is 123 Å². The number of urea groups is 1. The summed E-state index contributed by atoms with van der Waals surface area (Å²) < 4.78 is 0. The van der Waals surface area contributed by atoms with Crippen LogP contribution >= 0.6 is 0 Å². The number of carboxylic acid groups (broad SMARTS) is 1. The number of amides is 2. The Morgan fingerprint density at radius 1 is 1.43 bits per heavy atom. The van der Waals surface area contributed by atoms with Crippen molar-refractivity contribution >= 4 is 17.7 Å². The highest BCUT2D eigenvalue weighted by molar-refractivity contribution is 5.90. The molecule has 6 heteroatoms. The summed E-state index contributed by atoms with van der Waals surface area (Å²) in [4.78, 5) is 22.2. The molecule has 1 rings (SSSR count). The second-order valence-electron chi connectivity index (χ2n) is 5.01.